The number of nitriles is 1. The van der Waals surface area contributed by atoms with Gasteiger partial charge in [-0.1, -0.05) is 18.2 Å². The molecule has 55 heavy (non-hydrogen) atoms. The van der Waals surface area contributed by atoms with Gasteiger partial charge in [0.15, 0.2) is 22.3 Å². The van der Waals surface area contributed by atoms with Crippen LogP contribution >= 0.6 is 11.8 Å². The molecule has 0 radical (unpaired) electrons. The lowest BCUT2D eigenvalue weighted by Gasteiger charge is -2.29. The van der Waals surface area contributed by atoms with Crippen LogP contribution in [0, 0.1) is 11.3 Å². The second-order valence-electron chi connectivity index (χ2n) is 13.2. The molecule has 7 rings (SSSR count). The summed E-state index contributed by atoms with van der Waals surface area (Å²) in [5.74, 6) is 1.16. The maximum absolute atomic E-state index is 13.1. The van der Waals surface area contributed by atoms with Crippen LogP contribution < -0.4 is 42.9 Å². The van der Waals surface area contributed by atoms with Crippen molar-refractivity contribution in [3.63, 3.8) is 0 Å². The van der Waals surface area contributed by atoms with E-state index in [1.54, 1.807) is 29.8 Å². The molecule has 0 atom stereocenters. The number of unbranched alkanes of at least 4 members (excludes halogenated alkanes) is 1. The van der Waals surface area contributed by atoms with Crippen molar-refractivity contribution in [2.75, 3.05) is 62.2 Å². The third kappa shape index (κ3) is 7.92. The molecular weight excluding hydrogens is 744 g/mol. The van der Waals surface area contributed by atoms with Crippen LogP contribution in [0.5, 0.6) is 0 Å². The number of alkyl halides is 3. The number of aryl methyl sites for hydroxylation is 3. The summed E-state index contributed by atoms with van der Waals surface area (Å²) in [7, 11) is 6.00. The SMILES string of the molecule is Cn1c(=O)c2c(nc(N3CCNCC3)n2CCCC#N)n(C)c1=O.Cn1c(=O)c2c(nc(N3CCNCC3)n2Cc2ccccc2SC(F)(F)F)n(C)c1=O. The van der Waals surface area contributed by atoms with Crippen molar-refractivity contribution < 1.29 is 13.2 Å². The van der Waals surface area contributed by atoms with E-state index < -0.39 is 16.8 Å². The predicted molar refractivity (Wildman–Crippen MR) is 203 cm³/mol. The minimum atomic E-state index is -4.44. The second kappa shape index (κ2) is 16.2. The van der Waals surface area contributed by atoms with E-state index in [-0.39, 0.29) is 45.6 Å². The minimum absolute atomic E-state index is 0.0163. The number of imidazole rings is 2. The summed E-state index contributed by atoms with van der Waals surface area (Å²) >= 11 is -0.187. The molecule has 2 N–H and O–H groups in total. The van der Waals surface area contributed by atoms with Gasteiger partial charge in [-0.05, 0) is 29.8 Å². The molecule has 2 fully saturated rings. The van der Waals surface area contributed by atoms with Crippen molar-refractivity contribution >= 4 is 46.0 Å². The maximum Gasteiger partial charge on any atom is 0.446 e. The average molecular weight is 786 g/mol. The summed E-state index contributed by atoms with van der Waals surface area (Å²) in [6.45, 7) is 6.47. The Morgan fingerprint density at radius 2 is 1.22 bits per heavy atom. The van der Waals surface area contributed by atoms with Gasteiger partial charge in [-0.2, -0.15) is 28.4 Å². The number of fused-ring (bicyclic) bond motifs is 2. The van der Waals surface area contributed by atoms with Crippen LogP contribution in [0.15, 0.2) is 48.3 Å². The summed E-state index contributed by atoms with van der Waals surface area (Å²) in [5, 5.41) is 15.3. The lowest BCUT2D eigenvalue weighted by Crippen LogP contribution is -2.44. The molecule has 21 heteroatoms. The van der Waals surface area contributed by atoms with E-state index in [9.17, 15) is 32.3 Å². The molecule has 0 bridgehead atoms. The number of piperazine rings is 2. The number of aromatic nitrogens is 8. The molecule has 6 heterocycles. The van der Waals surface area contributed by atoms with Crippen LogP contribution in [-0.2, 0) is 41.3 Å². The van der Waals surface area contributed by atoms with Gasteiger partial charge in [0.1, 0.15) is 0 Å². The van der Waals surface area contributed by atoms with Crippen LogP contribution in [-0.4, -0.2) is 95.2 Å². The van der Waals surface area contributed by atoms with Crippen LogP contribution in [0.1, 0.15) is 18.4 Å². The number of anilines is 2. The van der Waals surface area contributed by atoms with E-state index in [2.05, 4.69) is 31.6 Å². The van der Waals surface area contributed by atoms with Gasteiger partial charge in [0, 0.05) is 98.4 Å². The monoisotopic (exact) mass is 785 g/mol. The standard InChI is InChI=1S/C19H21F3N6O2S.C15H21N7O2/c1-25-15-14(16(29)26(2)18(25)30)28(17(24-15)27-9-7-23-8-10-27)11-12-5-3-4-6-13(12)31-19(20,21)22;1-19-12-11(13(23)20(2)15(19)24)22(8-4-3-5-16)14(18-12)21-9-6-17-7-10-21/h3-6,23H,7-11H2,1-2H3;17H,3-4,6-10H2,1-2H3. The Balaban J connectivity index is 0.000000193. The fraction of sp³-hybridized carbons (Fsp3) is 0.500. The smallest absolute Gasteiger partial charge is 0.340 e. The van der Waals surface area contributed by atoms with Gasteiger partial charge < -0.3 is 25.0 Å². The fourth-order valence-corrected chi connectivity index (χ4v) is 7.45. The highest BCUT2D eigenvalue weighted by molar-refractivity contribution is 8.00. The molecule has 0 unspecified atom stereocenters. The zero-order valence-corrected chi connectivity index (χ0v) is 31.7. The Labute approximate surface area is 316 Å². The second-order valence-corrected chi connectivity index (χ2v) is 14.3. The van der Waals surface area contributed by atoms with Crippen LogP contribution in [0.4, 0.5) is 25.1 Å². The van der Waals surface area contributed by atoms with Gasteiger partial charge in [-0.15, -0.1) is 0 Å². The topological polar surface area (TPSA) is 178 Å². The van der Waals surface area contributed by atoms with Gasteiger partial charge >= 0.3 is 16.9 Å². The molecule has 0 amide bonds. The van der Waals surface area contributed by atoms with Crippen molar-refractivity contribution in [2.45, 2.75) is 36.3 Å². The summed E-state index contributed by atoms with van der Waals surface area (Å²) < 4.78 is 47.5. The third-order valence-corrected chi connectivity index (χ3v) is 10.5. The van der Waals surface area contributed by atoms with Crippen molar-refractivity contribution in [3.05, 3.63) is 71.5 Å². The molecule has 4 aromatic heterocycles. The van der Waals surface area contributed by atoms with Crippen LogP contribution in [0.3, 0.4) is 0 Å². The van der Waals surface area contributed by atoms with Crippen molar-refractivity contribution in [1.29, 1.82) is 5.26 Å². The Morgan fingerprint density at radius 1 is 0.745 bits per heavy atom. The average Bonchev–Trinajstić information content (AvgIpc) is 3.75. The number of hydrogen-bond donors (Lipinski definition) is 2. The Hall–Kier alpha value is -5.33. The van der Waals surface area contributed by atoms with E-state index in [0.717, 1.165) is 35.3 Å². The van der Waals surface area contributed by atoms with Gasteiger partial charge in [-0.3, -0.25) is 32.4 Å². The predicted octanol–water partition coefficient (Wildman–Crippen LogP) is 0.651. The largest absolute Gasteiger partial charge is 0.446 e. The minimum Gasteiger partial charge on any atom is -0.340 e. The Kier molecular flexibility index (Phi) is 11.6. The highest BCUT2D eigenvalue weighted by Crippen LogP contribution is 2.39. The number of benzene rings is 1. The molecule has 2 aliphatic rings. The first-order chi connectivity index (χ1) is 26.2. The molecular formula is C34H42F3N13O4S. The van der Waals surface area contributed by atoms with Crippen LogP contribution in [0.2, 0.25) is 0 Å². The first-order valence-electron chi connectivity index (χ1n) is 17.7. The summed E-state index contributed by atoms with van der Waals surface area (Å²) in [6.07, 6.45) is 1.04. The normalized spacial score (nSPS) is 15.0. The summed E-state index contributed by atoms with van der Waals surface area (Å²) in [6, 6.07) is 8.35. The molecule has 294 valence electrons. The number of halogens is 3. The Morgan fingerprint density at radius 3 is 1.71 bits per heavy atom. The fourth-order valence-electron chi connectivity index (χ4n) is 6.79. The van der Waals surface area contributed by atoms with Gasteiger partial charge in [0.25, 0.3) is 11.1 Å². The van der Waals surface area contributed by atoms with E-state index in [4.69, 9.17) is 5.26 Å². The van der Waals surface area contributed by atoms with Crippen LogP contribution in [0.25, 0.3) is 22.3 Å². The summed E-state index contributed by atoms with van der Waals surface area (Å²) in [4.78, 5) is 63.5. The quantitative estimate of drug-likeness (QED) is 0.166. The first-order valence-corrected chi connectivity index (χ1v) is 18.5. The molecule has 2 aliphatic heterocycles. The molecule has 1 aromatic carbocycles. The van der Waals surface area contributed by atoms with Gasteiger partial charge in [0.2, 0.25) is 11.9 Å². The third-order valence-electron chi connectivity index (χ3n) is 9.65. The zero-order valence-electron chi connectivity index (χ0n) is 30.9. The number of rotatable bonds is 8. The number of hydrogen-bond acceptors (Lipinski definition) is 12. The molecule has 17 nitrogen and oxygen atoms in total. The number of thioether (sulfide) groups is 1. The first kappa shape index (κ1) is 39.4. The molecule has 0 saturated carbocycles. The van der Waals surface area contributed by atoms with Crippen molar-refractivity contribution in [3.8, 4) is 6.07 Å². The maximum atomic E-state index is 13.1. The number of nitrogens with one attached hydrogen (secondary N) is 2. The molecule has 0 spiro atoms. The molecule has 5 aromatic rings. The van der Waals surface area contributed by atoms with Crippen molar-refractivity contribution in [1.82, 2.24) is 48.0 Å². The lowest BCUT2D eigenvalue weighted by atomic mass is 10.2. The lowest BCUT2D eigenvalue weighted by molar-refractivity contribution is -0.0328. The van der Waals surface area contributed by atoms with E-state index in [1.165, 1.54) is 36.3 Å². The highest BCUT2D eigenvalue weighted by Gasteiger charge is 2.31. The summed E-state index contributed by atoms with van der Waals surface area (Å²) in [5.41, 5.74) is -4.59. The van der Waals surface area contributed by atoms with E-state index in [1.807, 2.05) is 9.47 Å². The van der Waals surface area contributed by atoms with E-state index in [0.29, 0.717) is 74.2 Å². The number of nitrogens with zero attached hydrogens (tertiary/aromatic N) is 11. The zero-order chi connectivity index (χ0) is 39.6. The Bertz CT molecular complexity index is 2500. The van der Waals surface area contributed by atoms with Gasteiger partial charge in [0.05, 0.1) is 12.6 Å². The van der Waals surface area contributed by atoms with E-state index >= 15 is 0 Å². The molecule has 2 saturated heterocycles. The highest BCUT2D eigenvalue weighted by atomic mass is 32.2. The van der Waals surface area contributed by atoms with Crippen molar-refractivity contribution in [2.24, 2.45) is 28.2 Å². The molecule has 0 aliphatic carbocycles. The van der Waals surface area contributed by atoms with Gasteiger partial charge in [-0.25, -0.2) is 9.59 Å².